The van der Waals surface area contributed by atoms with Gasteiger partial charge < -0.3 is 19.9 Å². The molecule has 2 amide bonds. The monoisotopic (exact) mass is 305 g/mol. The maximum absolute atomic E-state index is 12.1. The molecular weight excluding hydrogens is 282 g/mol. The van der Waals surface area contributed by atoms with Crippen LogP contribution in [0.2, 0.25) is 0 Å². The first-order valence-corrected chi connectivity index (χ1v) is 7.52. The molecular formula is C16H23N3O3. The zero-order valence-electron chi connectivity index (χ0n) is 13.2. The molecule has 22 heavy (non-hydrogen) atoms. The van der Waals surface area contributed by atoms with Gasteiger partial charge in [-0.2, -0.15) is 0 Å². The molecule has 1 N–H and O–H groups in total. The van der Waals surface area contributed by atoms with Gasteiger partial charge in [-0.1, -0.05) is 12.1 Å². The van der Waals surface area contributed by atoms with E-state index < -0.39 is 0 Å². The summed E-state index contributed by atoms with van der Waals surface area (Å²) in [6.45, 7) is 4.81. The average molecular weight is 305 g/mol. The molecule has 1 aromatic carbocycles. The molecule has 1 aliphatic heterocycles. The standard InChI is InChI=1S/C16H23N3O3/c1-13(20)17-8-7-16(21)19-11-9-18(10-12-19)14-5-3-4-6-15(14)22-2/h3-6H,7-12H2,1-2H3,(H,17,20). The number of amides is 2. The summed E-state index contributed by atoms with van der Waals surface area (Å²) in [7, 11) is 1.67. The zero-order chi connectivity index (χ0) is 15.9. The predicted molar refractivity (Wildman–Crippen MR) is 85.1 cm³/mol. The Morgan fingerprint density at radius 2 is 1.86 bits per heavy atom. The molecule has 2 rings (SSSR count). The number of nitrogens with one attached hydrogen (secondary N) is 1. The first-order chi connectivity index (χ1) is 10.6. The molecule has 6 nitrogen and oxygen atoms in total. The number of hydrogen-bond donors (Lipinski definition) is 1. The first-order valence-electron chi connectivity index (χ1n) is 7.52. The predicted octanol–water partition coefficient (Wildman–Crippen LogP) is 0.870. The van der Waals surface area contributed by atoms with Crippen molar-refractivity contribution in [3.63, 3.8) is 0 Å². The maximum Gasteiger partial charge on any atom is 0.224 e. The van der Waals surface area contributed by atoms with Crippen molar-refractivity contribution in [1.29, 1.82) is 0 Å². The Morgan fingerprint density at radius 3 is 2.50 bits per heavy atom. The molecule has 120 valence electrons. The van der Waals surface area contributed by atoms with Gasteiger partial charge in [-0.25, -0.2) is 0 Å². The van der Waals surface area contributed by atoms with E-state index in [2.05, 4.69) is 10.2 Å². The Balaban J connectivity index is 1.85. The summed E-state index contributed by atoms with van der Waals surface area (Å²) in [4.78, 5) is 27.0. The molecule has 1 heterocycles. The third-order valence-electron chi connectivity index (χ3n) is 3.77. The summed E-state index contributed by atoms with van der Waals surface area (Å²) >= 11 is 0. The Hall–Kier alpha value is -2.24. The molecule has 0 aromatic heterocycles. The number of anilines is 1. The number of hydrogen-bond acceptors (Lipinski definition) is 4. The van der Waals surface area contributed by atoms with Crippen LogP contribution in [0.5, 0.6) is 5.75 Å². The van der Waals surface area contributed by atoms with Crippen LogP contribution in [-0.2, 0) is 9.59 Å². The summed E-state index contributed by atoms with van der Waals surface area (Å²) in [5.74, 6) is 0.843. The van der Waals surface area contributed by atoms with Crippen LogP contribution in [0.3, 0.4) is 0 Å². The molecule has 1 saturated heterocycles. The second kappa shape index (κ2) is 7.68. The molecule has 0 bridgehead atoms. The smallest absolute Gasteiger partial charge is 0.224 e. The first kappa shape index (κ1) is 16.1. The lowest BCUT2D eigenvalue weighted by atomic mass is 10.2. The van der Waals surface area contributed by atoms with E-state index in [9.17, 15) is 9.59 Å². The molecule has 0 aliphatic carbocycles. The molecule has 0 atom stereocenters. The fraction of sp³-hybridized carbons (Fsp3) is 0.500. The van der Waals surface area contributed by atoms with Gasteiger partial charge in [0.25, 0.3) is 0 Å². The molecule has 0 radical (unpaired) electrons. The van der Waals surface area contributed by atoms with Crippen LogP contribution in [0.15, 0.2) is 24.3 Å². The highest BCUT2D eigenvalue weighted by Gasteiger charge is 2.22. The van der Waals surface area contributed by atoms with Crippen LogP contribution in [0, 0.1) is 0 Å². The lowest BCUT2D eigenvalue weighted by molar-refractivity contribution is -0.131. The average Bonchev–Trinajstić information content (AvgIpc) is 2.54. The fourth-order valence-electron chi connectivity index (χ4n) is 2.59. The highest BCUT2D eigenvalue weighted by molar-refractivity contribution is 5.78. The van der Waals surface area contributed by atoms with Gasteiger partial charge in [-0.3, -0.25) is 9.59 Å². The van der Waals surface area contributed by atoms with E-state index in [1.807, 2.05) is 29.2 Å². The number of para-hydroxylation sites is 2. The van der Waals surface area contributed by atoms with Gasteiger partial charge in [0.2, 0.25) is 11.8 Å². The van der Waals surface area contributed by atoms with Crippen molar-refractivity contribution in [3.05, 3.63) is 24.3 Å². The number of benzene rings is 1. The quantitative estimate of drug-likeness (QED) is 0.877. The van der Waals surface area contributed by atoms with E-state index in [1.54, 1.807) is 7.11 Å². The van der Waals surface area contributed by atoms with E-state index in [-0.39, 0.29) is 11.8 Å². The Kier molecular flexibility index (Phi) is 5.63. The van der Waals surface area contributed by atoms with Crippen molar-refractivity contribution in [3.8, 4) is 5.75 Å². The number of carbonyl (C=O) groups is 2. The zero-order valence-corrected chi connectivity index (χ0v) is 13.2. The number of nitrogens with zero attached hydrogens (tertiary/aromatic N) is 2. The Bertz CT molecular complexity index is 525. The van der Waals surface area contributed by atoms with E-state index in [1.165, 1.54) is 6.92 Å². The third-order valence-corrected chi connectivity index (χ3v) is 3.77. The summed E-state index contributed by atoms with van der Waals surface area (Å²) in [5, 5.41) is 2.65. The van der Waals surface area contributed by atoms with Gasteiger partial charge in [0.05, 0.1) is 12.8 Å². The summed E-state index contributed by atoms with van der Waals surface area (Å²) in [6.07, 6.45) is 0.355. The van der Waals surface area contributed by atoms with Crippen molar-refractivity contribution in [2.45, 2.75) is 13.3 Å². The second-order valence-electron chi connectivity index (χ2n) is 5.27. The molecule has 1 aromatic rings. The summed E-state index contributed by atoms with van der Waals surface area (Å²) in [5.41, 5.74) is 1.07. The molecule has 0 spiro atoms. The SMILES string of the molecule is COc1ccccc1N1CCN(C(=O)CCNC(C)=O)CC1. The number of carbonyl (C=O) groups excluding carboxylic acids is 2. The van der Waals surface area contributed by atoms with Crippen LogP contribution in [0.25, 0.3) is 0 Å². The van der Waals surface area contributed by atoms with Crippen LogP contribution in [0.1, 0.15) is 13.3 Å². The molecule has 0 unspecified atom stereocenters. The van der Waals surface area contributed by atoms with Gasteiger partial charge in [-0.15, -0.1) is 0 Å². The Labute approximate surface area is 131 Å². The topological polar surface area (TPSA) is 61.9 Å². The third kappa shape index (κ3) is 4.13. The molecule has 6 heteroatoms. The van der Waals surface area contributed by atoms with E-state index in [0.29, 0.717) is 26.1 Å². The van der Waals surface area contributed by atoms with Crippen molar-refractivity contribution in [2.24, 2.45) is 0 Å². The molecule has 0 saturated carbocycles. The largest absolute Gasteiger partial charge is 0.495 e. The van der Waals surface area contributed by atoms with Crippen LogP contribution in [0.4, 0.5) is 5.69 Å². The number of rotatable bonds is 5. The van der Waals surface area contributed by atoms with E-state index in [0.717, 1.165) is 24.5 Å². The van der Waals surface area contributed by atoms with Crippen LogP contribution < -0.4 is 15.0 Å². The Morgan fingerprint density at radius 1 is 1.18 bits per heavy atom. The van der Waals surface area contributed by atoms with Gasteiger partial charge in [0.15, 0.2) is 0 Å². The minimum Gasteiger partial charge on any atom is -0.495 e. The minimum absolute atomic E-state index is 0.0911. The lowest BCUT2D eigenvalue weighted by Gasteiger charge is -2.36. The van der Waals surface area contributed by atoms with E-state index in [4.69, 9.17) is 4.74 Å². The lowest BCUT2D eigenvalue weighted by Crippen LogP contribution is -2.49. The summed E-state index contributed by atoms with van der Waals surface area (Å²) in [6, 6.07) is 7.92. The van der Waals surface area contributed by atoms with Gasteiger partial charge in [-0.05, 0) is 12.1 Å². The normalized spacial score (nSPS) is 14.6. The van der Waals surface area contributed by atoms with E-state index >= 15 is 0 Å². The second-order valence-corrected chi connectivity index (χ2v) is 5.27. The molecule has 1 aliphatic rings. The minimum atomic E-state index is -0.103. The molecule has 1 fully saturated rings. The van der Waals surface area contributed by atoms with Crippen molar-refractivity contribution < 1.29 is 14.3 Å². The number of ether oxygens (including phenoxy) is 1. The number of methoxy groups -OCH3 is 1. The highest BCUT2D eigenvalue weighted by Crippen LogP contribution is 2.28. The van der Waals surface area contributed by atoms with Gasteiger partial charge in [0.1, 0.15) is 5.75 Å². The number of piperazine rings is 1. The summed E-state index contributed by atoms with van der Waals surface area (Å²) < 4.78 is 5.39. The fourth-order valence-corrected chi connectivity index (χ4v) is 2.59. The van der Waals surface area contributed by atoms with Gasteiger partial charge in [0, 0.05) is 46.1 Å². The van der Waals surface area contributed by atoms with Crippen molar-refractivity contribution in [2.75, 3.05) is 44.7 Å². The highest BCUT2D eigenvalue weighted by atomic mass is 16.5. The van der Waals surface area contributed by atoms with Crippen LogP contribution >= 0.6 is 0 Å². The maximum atomic E-state index is 12.1. The van der Waals surface area contributed by atoms with Crippen LogP contribution in [-0.4, -0.2) is 56.5 Å². The van der Waals surface area contributed by atoms with Crippen molar-refractivity contribution >= 4 is 17.5 Å². The van der Waals surface area contributed by atoms with Gasteiger partial charge >= 0.3 is 0 Å². The van der Waals surface area contributed by atoms with Crippen molar-refractivity contribution in [1.82, 2.24) is 10.2 Å².